The highest BCUT2D eigenvalue weighted by Gasteiger charge is 2.54. The average molecular weight is 269 g/mol. The van der Waals surface area contributed by atoms with E-state index >= 15 is 0 Å². The number of nitrogens with zero attached hydrogens (tertiary/aromatic N) is 3. The Morgan fingerprint density at radius 3 is 2.94 bits per heavy atom. The molecule has 0 unspecified atom stereocenters. The van der Waals surface area contributed by atoms with Gasteiger partial charge in [0, 0.05) is 23.8 Å². The number of carbonyl (C=O) groups is 1. The van der Waals surface area contributed by atoms with Gasteiger partial charge < -0.3 is 4.90 Å². The number of hydrogen-bond donors (Lipinski definition) is 0. The minimum atomic E-state index is -0.679. The van der Waals surface area contributed by atoms with E-state index in [1.54, 1.807) is 18.4 Å². The average Bonchev–Trinajstić information content (AvgIpc) is 3.02. The summed E-state index contributed by atoms with van der Waals surface area (Å²) in [6.45, 7) is 2.46. The normalized spacial score (nSPS) is 21.7. The van der Waals surface area contributed by atoms with Gasteiger partial charge in [-0.25, -0.2) is 4.98 Å². The van der Waals surface area contributed by atoms with Crippen molar-refractivity contribution in [2.45, 2.75) is 32.4 Å². The molecule has 7 heteroatoms. The van der Waals surface area contributed by atoms with Crippen LogP contribution in [0.1, 0.15) is 24.0 Å². The number of amides is 1. The van der Waals surface area contributed by atoms with Gasteiger partial charge in [0.1, 0.15) is 5.92 Å². The molecule has 0 spiro atoms. The molecule has 1 amide bonds. The maximum Gasteiger partial charge on any atom is 0.233 e. The first-order valence-corrected chi connectivity index (χ1v) is 6.72. The lowest BCUT2D eigenvalue weighted by molar-refractivity contribution is -0.497. The lowest BCUT2D eigenvalue weighted by atomic mass is 10.3. The van der Waals surface area contributed by atoms with Crippen LogP contribution in [0.5, 0.6) is 0 Å². The Hall–Kier alpha value is -1.50. The molecule has 18 heavy (non-hydrogen) atoms. The maximum atomic E-state index is 11.9. The number of carbonyl (C=O) groups excluding carboxylic acids is 1. The molecule has 0 aromatic carbocycles. The summed E-state index contributed by atoms with van der Waals surface area (Å²) in [5.74, 6) is -0.586. The molecule has 98 valence electrons. The highest BCUT2D eigenvalue weighted by molar-refractivity contribution is 7.09. The second kappa shape index (κ2) is 5.01. The van der Waals surface area contributed by atoms with Crippen LogP contribution in [0.25, 0.3) is 0 Å². The Morgan fingerprint density at radius 1 is 1.72 bits per heavy atom. The Bertz CT molecular complexity index is 474. The lowest BCUT2D eigenvalue weighted by Crippen LogP contribution is -2.29. The van der Waals surface area contributed by atoms with Crippen molar-refractivity contribution in [1.29, 1.82) is 0 Å². The molecule has 1 heterocycles. The molecule has 0 aliphatic heterocycles. The smallest absolute Gasteiger partial charge is 0.233 e. The topological polar surface area (TPSA) is 76.3 Å². The van der Waals surface area contributed by atoms with Gasteiger partial charge in [0.25, 0.3) is 0 Å². The summed E-state index contributed by atoms with van der Waals surface area (Å²) in [5.41, 5.74) is 0.853. The Balaban J connectivity index is 1.90. The van der Waals surface area contributed by atoms with E-state index < -0.39 is 12.0 Å². The molecular weight excluding hydrogens is 254 g/mol. The summed E-state index contributed by atoms with van der Waals surface area (Å²) in [7, 11) is 1.67. The first-order valence-electron chi connectivity index (χ1n) is 5.84. The third-order valence-electron chi connectivity index (χ3n) is 3.02. The summed E-state index contributed by atoms with van der Waals surface area (Å²) >= 11 is 1.58. The maximum absolute atomic E-state index is 11.9. The fourth-order valence-electron chi connectivity index (χ4n) is 1.87. The van der Waals surface area contributed by atoms with Crippen LogP contribution in [-0.4, -0.2) is 33.8 Å². The summed E-state index contributed by atoms with van der Waals surface area (Å²) in [6.07, 6.45) is 1.25. The second-order valence-electron chi connectivity index (χ2n) is 4.48. The van der Waals surface area contributed by atoms with Crippen molar-refractivity contribution in [3.8, 4) is 0 Å². The zero-order chi connectivity index (χ0) is 13.3. The predicted octanol–water partition coefficient (Wildman–Crippen LogP) is 1.33. The molecule has 1 fully saturated rings. The van der Waals surface area contributed by atoms with Crippen LogP contribution in [-0.2, 0) is 17.8 Å². The molecule has 2 rings (SSSR count). The zero-order valence-electron chi connectivity index (χ0n) is 10.3. The third-order valence-corrected chi connectivity index (χ3v) is 4.06. The van der Waals surface area contributed by atoms with Crippen LogP contribution in [0.15, 0.2) is 5.38 Å². The number of nitro groups is 1. The molecule has 0 bridgehead atoms. The van der Waals surface area contributed by atoms with Gasteiger partial charge in [-0.3, -0.25) is 14.9 Å². The summed E-state index contributed by atoms with van der Waals surface area (Å²) in [4.78, 5) is 28.0. The van der Waals surface area contributed by atoms with E-state index in [0.29, 0.717) is 13.0 Å². The Labute approximate surface area is 109 Å². The fraction of sp³-hybridized carbons (Fsp3) is 0.636. The number of rotatable bonds is 5. The molecule has 1 aromatic heterocycles. The quantitative estimate of drug-likeness (QED) is 0.597. The van der Waals surface area contributed by atoms with Crippen LogP contribution in [0.3, 0.4) is 0 Å². The first-order chi connectivity index (χ1) is 8.52. The van der Waals surface area contributed by atoms with E-state index in [1.165, 1.54) is 4.90 Å². The summed E-state index contributed by atoms with van der Waals surface area (Å²) in [5, 5.41) is 13.5. The predicted molar refractivity (Wildman–Crippen MR) is 66.9 cm³/mol. The molecule has 6 nitrogen and oxygen atoms in total. The van der Waals surface area contributed by atoms with Crippen LogP contribution in [0, 0.1) is 16.0 Å². The van der Waals surface area contributed by atoms with E-state index in [-0.39, 0.29) is 10.8 Å². The summed E-state index contributed by atoms with van der Waals surface area (Å²) < 4.78 is 0. The highest BCUT2D eigenvalue weighted by Crippen LogP contribution is 2.34. The molecule has 1 aliphatic carbocycles. The van der Waals surface area contributed by atoms with Crippen molar-refractivity contribution in [3.63, 3.8) is 0 Å². The monoisotopic (exact) mass is 269 g/mol. The van der Waals surface area contributed by atoms with Crippen molar-refractivity contribution in [1.82, 2.24) is 9.88 Å². The van der Waals surface area contributed by atoms with Crippen molar-refractivity contribution in [3.05, 3.63) is 26.2 Å². The molecular formula is C11H15N3O3S. The highest BCUT2D eigenvalue weighted by atomic mass is 32.1. The van der Waals surface area contributed by atoms with Crippen LogP contribution in [0.2, 0.25) is 0 Å². The molecule has 0 radical (unpaired) electrons. The van der Waals surface area contributed by atoms with E-state index in [2.05, 4.69) is 4.98 Å². The molecule has 1 aliphatic rings. The third kappa shape index (κ3) is 2.66. The van der Waals surface area contributed by atoms with Gasteiger partial charge >= 0.3 is 0 Å². The van der Waals surface area contributed by atoms with Crippen molar-refractivity contribution in [2.24, 2.45) is 5.92 Å². The Kier molecular flexibility index (Phi) is 3.60. The SMILES string of the molecule is CCc1nc(CN(C)C(=O)[C@@H]2C[C@H]2[N+](=O)[O-])cs1. The van der Waals surface area contributed by atoms with Gasteiger partial charge in [0.05, 0.1) is 17.2 Å². The van der Waals surface area contributed by atoms with Crippen molar-refractivity contribution >= 4 is 17.2 Å². The van der Waals surface area contributed by atoms with Crippen molar-refractivity contribution < 1.29 is 9.72 Å². The lowest BCUT2D eigenvalue weighted by Gasteiger charge is -2.14. The van der Waals surface area contributed by atoms with Crippen LogP contribution < -0.4 is 0 Å². The van der Waals surface area contributed by atoms with Gasteiger partial charge in [-0.1, -0.05) is 6.92 Å². The standard InChI is InChI=1S/C11H15N3O3S/c1-3-10-12-7(6-18-10)5-13(2)11(15)8-4-9(8)14(16)17/h6,8-9H,3-5H2,1-2H3/t8-,9-/m1/s1. The van der Waals surface area contributed by atoms with E-state index in [1.807, 2.05) is 12.3 Å². The van der Waals surface area contributed by atoms with Gasteiger partial charge in [0.2, 0.25) is 11.9 Å². The van der Waals surface area contributed by atoms with Crippen LogP contribution in [0.4, 0.5) is 0 Å². The van der Waals surface area contributed by atoms with Crippen LogP contribution >= 0.6 is 11.3 Å². The van der Waals surface area contributed by atoms with E-state index in [9.17, 15) is 14.9 Å². The van der Waals surface area contributed by atoms with Crippen molar-refractivity contribution in [2.75, 3.05) is 7.05 Å². The fourth-order valence-corrected chi connectivity index (χ4v) is 2.60. The number of aromatic nitrogens is 1. The Morgan fingerprint density at radius 2 is 2.44 bits per heavy atom. The van der Waals surface area contributed by atoms with E-state index in [4.69, 9.17) is 0 Å². The number of hydrogen-bond acceptors (Lipinski definition) is 5. The van der Waals surface area contributed by atoms with Gasteiger partial charge in [-0.15, -0.1) is 11.3 Å². The minimum absolute atomic E-state index is 0.150. The second-order valence-corrected chi connectivity index (χ2v) is 5.42. The van der Waals surface area contributed by atoms with E-state index in [0.717, 1.165) is 17.1 Å². The molecule has 2 atom stereocenters. The van der Waals surface area contributed by atoms with Gasteiger partial charge in [0.15, 0.2) is 0 Å². The first kappa shape index (κ1) is 12.9. The minimum Gasteiger partial charge on any atom is -0.339 e. The molecule has 0 saturated heterocycles. The number of thiazole rings is 1. The number of aryl methyl sites for hydroxylation is 1. The molecule has 1 aromatic rings. The summed E-state index contributed by atoms with van der Waals surface area (Å²) in [6, 6.07) is -0.679. The zero-order valence-corrected chi connectivity index (χ0v) is 11.1. The van der Waals surface area contributed by atoms with Gasteiger partial charge in [-0.2, -0.15) is 0 Å². The largest absolute Gasteiger partial charge is 0.339 e. The van der Waals surface area contributed by atoms with Gasteiger partial charge in [-0.05, 0) is 6.42 Å². The molecule has 1 saturated carbocycles. The molecule has 0 N–H and O–H groups in total.